The van der Waals surface area contributed by atoms with Gasteiger partial charge in [0.05, 0.1) is 17.6 Å². The van der Waals surface area contributed by atoms with Crippen molar-refractivity contribution in [3.63, 3.8) is 0 Å². The second-order valence-corrected chi connectivity index (χ2v) is 5.05. The predicted molar refractivity (Wildman–Crippen MR) is 74.0 cm³/mol. The smallest absolute Gasteiger partial charge is 0.303 e. The van der Waals surface area contributed by atoms with Crippen molar-refractivity contribution >= 4 is 17.0 Å². The van der Waals surface area contributed by atoms with E-state index in [4.69, 9.17) is 5.11 Å². The Labute approximate surface area is 116 Å². The molecule has 0 saturated carbocycles. The van der Waals surface area contributed by atoms with Gasteiger partial charge in [-0.05, 0) is 32.6 Å². The molecule has 2 aromatic rings. The molecule has 108 valence electrons. The first-order valence-electron chi connectivity index (χ1n) is 6.48. The number of hydrogen-bond acceptors (Lipinski definition) is 3. The molecule has 6 heteroatoms. The second-order valence-electron chi connectivity index (χ2n) is 5.05. The van der Waals surface area contributed by atoms with Crippen molar-refractivity contribution < 1.29 is 14.3 Å². The minimum absolute atomic E-state index is 0.113. The lowest BCUT2D eigenvalue weighted by Crippen LogP contribution is -2.16. The number of nitrogens with zero attached hydrogens (tertiary/aromatic N) is 3. The fraction of sp³-hybridized carbons (Fsp3) is 0.429. The van der Waals surface area contributed by atoms with Gasteiger partial charge in [0.25, 0.3) is 0 Å². The standard InChI is InChI=1S/C14H18FN3O2/c1-17(2)9-13-16-11-8-10(15)5-6-12(11)18(13)7-3-4-14(19)20/h5-6,8H,3-4,7,9H2,1-2H3,(H,19,20). The molecule has 0 saturated heterocycles. The molecule has 5 nitrogen and oxygen atoms in total. The zero-order valence-corrected chi connectivity index (χ0v) is 11.6. The molecule has 1 aromatic heterocycles. The Morgan fingerprint density at radius 2 is 2.20 bits per heavy atom. The maximum Gasteiger partial charge on any atom is 0.303 e. The molecule has 2 rings (SSSR count). The number of halogens is 1. The van der Waals surface area contributed by atoms with Crippen LogP contribution in [0.4, 0.5) is 4.39 Å². The molecule has 0 aliphatic rings. The minimum atomic E-state index is -0.811. The molecule has 0 spiro atoms. The van der Waals surface area contributed by atoms with E-state index in [2.05, 4.69) is 4.98 Å². The van der Waals surface area contributed by atoms with E-state index in [1.807, 2.05) is 23.6 Å². The lowest BCUT2D eigenvalue weighted by atomic mass is 10.3. The summed E-state index contributed by atoms with van der Waals surface area (Å²) in [6, 6.07) is 4.50. The number of carboxylic acid groups (broad SMARTS) is 1. The Bertz CT molecular complexity index is 622. The van der Waals surface area contributed by atoms with Gasteiger partial charge in [0.1, 0.15) is 11.6 Å². The third-order valence-electron chi connectivity index (χ3n) is 3.02. The summed E-state index contributed by atoms with van der Waals surface area (Å²) in [5, 5.41) is 8.72. The maximum absolute atomic E-state index is 13.3. The number of carbonyl (C=O) groups is 1. The fourth-order valence-electron chi connectivity index (χ4n) is 2.19. The number of imidazole rings is 1. The van der Waals surface area contributed by atoms with E-state index in [-0.39, 0.29) is 12.2 Å². The van der Waals surface area contributed by atoms with Gasteiger partial charge in [-0.3, -0.25) is 4.79 Å². The van der Waals surface area contributed by atoms with Crippen molar-refractivity contribution in [1.82, 2.24) is 14.5 Å². The summed E-state index contributed by atoms with van der Waals surface area (Å²) < 4.78 is 15.2. The van der Waals surface area contributed by atoms with Crippen LogP contribution >= 0.6 is 0 Å². The van der Waals surface area contributed by atoms with Gasteiger partial charge in [0, 0.05) is 19.0 Å². The fourth-order valence-corrected chi connectivity index (χ4v) is 2.19. The van der Waals surface area contributed by atoms with Crippen molar-refractivity contribution in [3.8, 4) is 0 Å². The van der Waals surface area contributed by atoms with Crippen molar-refractivity contribution in [2.75, 3.05) is 14.1 Å². The SMILES string of the molecule is CN(C)Cc1nc2cc(F)ccc2n1CCCC(=O)O. The van der Waals surface area contributed by atoms with Crippen LogP contribution in [0.3, 0.4) is 0 Å². The molecule has 1 aromatic carbocycles. The highest BCUT2D eigenvalue weighted by molar-refractivity contribution is 5.76. The largest absolute Gasteiger partial charge is 0.481 e. The topological polar surface area (TPSA) is 58.4 Å². The van der Waals surface area contributed by atoms with Crippen LogP contribution in [0, 0.1) is 5.82 Å². The normalized spacial score (nSPS) is 11.4. The number of aryl methyl sites for hydroxylation is 1. The lowest BCUT2D eigenvalue weighted by Gasteiger charge is -2.12. The molecule has 1 N–H and O–H groups in total. The van der Waals surface area contributed by atoms with Gasteiger partial charge in [-0.15, -0.1) is 0 Å². The van der Waals surface area contributed by atoms with Gasteiger partial charge < -0.3 is 14.6 Å². The summed E-state index contributed by atoms with van der Waals surface area (Å²) in [4.78, 5) is 17.0. The van der Waals surface area contributed by atoms with Crippen LogP contribution in [0.2, 0.25) is 0 Å². The first-order chi connectivity index (χ1) is 9.47. The highest BCUT2D eigenvalue weighted by atomic mass is 19.1. The number of aromatic nitrogens is 2. The van der Waals surface area contributed by atoms with Crippen LogP contribution in [-0.2, 0) is 17.9 Å². The van der Waals surface area contributed by atoms with Crippen LogP contribution in [0.1, 0.15) is 18.7 Å². The summed E-state index contributed by atoms with van der Waals surface area (Å²) in [6.45, 7) is 1.20. The molecule has 0 unspecified atom stereocenters. The zero-order valence-electron chi connectivity index (χ0n) is 11.6. The molecule has 0 amide bonds. The lowest BCUT2D eigenvalue weighted by molar-refractivity contribution is -0.137. The van der Waals surface area contributed by atoms with Gasteiger partial charge in [-0.2, -0.15) is 0 Å². The van der Waals surface area contributed by atoms with Crippen LogP contribution in [0.25, 0.3) is 11.0 Å². The third-order valence-corrected chi connectivity index (χ3v) is 3.02. The number of benzene rings is 1. The van der Waals surface area contributed by atoms with Gasteiger partial charge in [0.15, 0.2) is 0 Å². The number of rotatable bonds is 6. The summed E-state index contributed by atoms with van der Waals surface area (Å²) >= 11 is 0. The highest BCUT2D eigenvalue weighted by Gasteiger charge is 2.12. The molecule has 0 aliphatic carbocycles. The molecule has 20 heavy (non-hydrogen) atoms. The first kappa shape index (κ1) is 14.5. The number of hydrogen-bond donors (Lipinski definition) is 1. The quantitative estimate of drug-likeness (QED) is 0.879. The van der Waals surface area contributed by atoms with Crippen molar-refractivity contribution in [1.29, 1.82) is 0 Å². The minimum Gasteiger partial charge on any atom is -0.481 e. The molecule has 0 fully saturated rings. The van der Waals surface area contributed by atoms with E-state index in [0.717, 1.165) is 11.3 Å². The Balaban J connectivity index is 2.33. The summed E-state index contributed by atoms with van der Waals surface area (Å²) in [5.74, 6) is -0.306. The van der Waals surface area contributed by atoms with Gasteiger partial charge in [0.2, 0.25) is 0 Å². The summed E-state index contributed by atoms with van der Waals surface area (Å²) in [7, 11) is 3.86. The van der Waals surface area contributed by atoms with Crippen LogP contribution in [0.15, 0.2) is 18.2 Å². The van der Waals surface area contributed by atoms with Gasteiger partial charge in [-0.25, -0.2) is 9.37 Å². The number of aliphatic carboxylic acids is 1. The zero-order chi connectivity index (χ0) is 14.7. The average Bonchev–Trinajstić information content (AvgIpc) is 2.65. The van der Waals surface area contributed by atoms with E-state index in [1.54, 1.807) is 6.07 Å². The Kier molecular flexibility index (Phi) is 4.34. The van der Waals surface area contributed by atoms with Crippen LogP contribution in [-0.4, -0.2) is 39.6 Å². The molecular weight excluding hydrogens is 261 g/mol. The summed E-state index contributed by atoms with van der Waals surface area (Å²) in [6.07, 6.45) is 0.640. The maximum atomic E-state index is 13.3. The predicted octanol–water partition coefficient (Wildman–Crippen LogP) is 2.10. The Morgan fingerprint density at radius 1 is 1.45 bits per heavy atom. The number of fused-ring (bicyclic) bond motifs is 1. The first-order valence-corrected chi connectivity index (χ1v) is 6.48. The van der Waals surface area contributed by atoms with Crippen molar-refractivity contribution in [2.45, 2.75) is 25.9 Å². The van der Waals surface area contributed by atoms with E-state index in [9.17, 15) is 9.18 Å². The molecule has 0 atom stereocenters. The molecule has 0 radical (unpaired) electrons. The summed E-state index contributed by atoms with van der Waals surface area (Å²) in [5.41, 5.74) is 1.45. The Morgan fingerprint density at radius 3 is 2.85 bits per heavy atom. The van der Waals surface area contributed by atoms with E-state index >= 15 is 0 Å². The van der Waals surface area contributed by atoms with Gasteiger partial charge >= 0.3 is 5.97 Å². The molecule has 0 bridgehead atoms. The average molecular weight is 279 g/mol. The van der Waals surface area contributed by atoms with Crippen molar-refractivity contribution in [3.05, 3.63) is 29.8 Å². The van der Waals surface area contributed by atoms with E-state index in [1.165, 1.54) is 12.1 Å². The van der Waals surface area contributed by atoms with Crippen LogP contribution < -0.4 is 0 Å². The Hall–Kier alpha value is -1.95. The van der Waals surface area contributed by atoms with E-state index in [0.29, 0.717) is 25.0 Å². The number of carboxylic acids is 1. The molecule has 1 heterocycles. The molecular formula is C14H18FN3O2. The van der Waals surface area contributed by atoms with Gasteiger partial charge in [-0.1, -0.05) is 0 Å². The van der Waals surface area contributed by atoms with E-state index < -0.39 is 5.97 Å². The highest BCUT2D eigenvalue weighted by Crippen LogP contribution is 2.19. The monoisotopic (exact) mass is 279 g/mol. The van der Waals surface area contributed by atoms with Crippen LogP contribution in [0.5, 0.6) is 0 Å². The second kappa shape index (κ2) is 6.00. The third kappa shape index (κ3) is 3.33. The molecule has 0 aliphatic heterocycles. The van der Waals surface area contributed by atoms with Crippen molar-refractivity contribution in [2.24, 2.45) is 0 Å².